The fourth-order valence-electron chi connectivity index (χ4n) is 2.83. The first-order valence-electron chi connectivity index (χ1n) is 9.35. The van der Waals surface area contributed by atoms with Crippen molar-refractivity contribution in [1.82, 2.24) is 0 Å². The average molecular weight is 519 g/mol. The minimum Gasteiger partial charge on any atom is -0.394 e. The number of thioether (sulfide) groups is 1. The molecule has 0 saturated heterocycles. The van der Waals surface area contributed by atoms with Crippen molar-refractivity contribution in [3.05, 3.63) is 63.1 Å². The molecule has 2 rings (SSSR count). The number of hydrogen-bond acceptors (Lipinski definition) is 4. The van der Waals surface area contributed by atoms with Gasteiger partial charge in [0.25, 0.3) is 0 Å². The predicted octanol–water partition coefficient (Wildman–Crippen LogP) is 5.77. The summed E-state index contributed by atoms with van der Waals surface area (Å²) in [5.41, 5.74) is 5.34. The molecule has 0 aliphatic heterocycles. The maximum absolute atomic E-state index is 13.5. The highest BCUT2D eigenvalue weighted by Crippen LogP contribution is 2.38. The Hall–Kier alpha value is -0.670. The Balaban J connectivity index is 0.00000480. The lowest BCUT2D eigenvalue weighted by Gasteiger charge is -2.24. The van der Waals surface area contributed by atoms with Crippen molar-refractivity contribution in [2.24, 2.45) is 5.73 Å². The Morgan fingerprint density at radius 2 is 1.52 bits per heavy atom. The van der Waals surface area contributed by atoms with Gasteiger partial charge in [0, 0.05) is 4.90 Å². The van der Waals surface area contributed by atoms with Crippen molar-refractivity contribution < 1.29 is 23.4 Å². The molecule has 0 saturated carbocycles. The molecule has 0 unspecified atom stereocenters. The van der Waals surface area contributed by atoms with Gasteiger partial charge in [0.2, 0.25) is 0 Å². The monoisotopic (exact) mass is 517 g/mol. The summed E-state index contributed by atoms with van der Waals surface area (Å²) in [6, 6.07) is 9.54. The van der Waals surface area contributed by atoms with E-state index < -0.39 is 30.5 Å². The standard InChI is InChI=1S/C21H24Cl2F3NO2S.ClH/c22-17-5-3-14(11-18(17)23)2-1-9-30-19-6-4-15(10-16(19)21(24,25)26)7-8-20(27,12-28)13-29;/h3-6,10-11,28-29H,1-2,7-9,12-13,27H2;1H. The third kappa shape index (κ3) is 8.65. The van der Waals surface area contributed by atoms with Crippen LogP contribution in [0.25, 0.3) is 0 Å². The van der Waals surface area contributed by atoms with E-state index in [2.05, 4.69) is 0 Å². The molecule has 174 valence electrons. The number of benzene rings is 2. The fraction of sp³-hybridized carbons (Fsp3) is 0.429. The van der Waals surface area contributed by atoms with Crippen molar-refractivity contribution in [2.75, 3.05) is 19.0 Å². The summed E-state index contributed by atoms with van der Waals surface area (Å²) in [5, 5.41) is 19.4. The Labute approximate surface area is 200 Å². The molecule has 3 nitrogen and oxygen atoms in total. The number of halogens is 6. The highest BCUT2D eigenvalue weighted by atomic mass is 35.5. The molecule has 0 atom stereocenters. The topological polar surface area (TPSA) is 66.5 Å². The van der Waals surface area contributed by atoms with Crippen molar-refractivity contribution in [3.63, 3.8) is 0 Å². The van der Waals surface area contributed by atoms with Crippen LogP contribution < -0.4 is 5.73 Å². The lowest BCUT2D eigenvalue weighted by molar-refractivity contribution is -0.139. The molecule has 2 aromatic rings. The number of hydrogen-bond donors (Lipinski definition) is 3. The zero-order valence-electron chi connectivity index (χ0n) is 16.6. The average Bonchev–Trinajstić information content (AvgIpc) is 2.71. The summed E-state index contributed by atoms with van der Waals surface area (Å²) < 4.78 is 40.6. The molecule has 0 fully saturated rings. The van der Waals surface area contributed by atoms with Gasteiger partial charge in [-0.25, -0.2) is 0 Å². The third-order valence-electron chi connectivity index (χ3n) is 4.74. The van der Waals surface area contributed by atoms with E-state index in [4.69, 9.17) is 28.9 Å². The van der Waals surface area contributed by atoms with E-state index in [1.165, 1.54) is 6.07 Å². The van der Waals surface area contributed by atoms with Crippen LogP contribution in [0.15, 0.2) is 41.3 Å². The molecular weight excluding hydrogens is 494 g/mol. The normalized spacial score (nSPS) is 12.0. The number of aliphatic hydroxyl groups excluding tert-OH is 2. The number of rotatable bonds is 10. The van der Waals surface area contributed by atoms with Gasteiger partial charge in [-0.2, -0.15) is 13.2 Å². The van der Waals surface area contributed by atoms with Crippen LogP contribution >= 0.6 is 47.4 Å². The molecule has 0 bridgehead atoms. The molecule has 2 aromatic carbocycles. The smallest absolute Gasteiger partial charge is 0.394 e. The molecule has 0 amide bonds. The minimum absolute atomic E-state index is 0. The van der Waals surface area contributed by atoms with Gasteiger partial charge in [0.1, 0.15) is 0 Å². The van der Waals surface area contributed by atoms with E-state index in [1.807, 2.05) is 6.07 Å². The Kier molecular flexibility index (Phi) is 11.5. The van der Waals surface area contributed by atoms with Crippen molar-refractivity contribution >= 4 is 47.4 Å². The largest absolute Gasteiger partial charge is 0.417 e. The van der Waals surface area contributed by atoms with Crippen molar-refractivity contribution in [2.45, 2.75) is 42.3 Å². The Morgan fingerprint density at radius 3 is 2.10 bits per heavy atom. The van der Waals surface area contributed by atoms with E-state index in [0.717, 1.165) is 23.4 Å². The summed E-state index contributed by atoms with van der Waals surface area (Å²) >= 11 is 13.0. The fourth-order valence-corrected chi connectivity index (χ4v) is 4.16. The first kappa shape index (κ1) is 28.4. The Morgan fingerprint density at radius 1 is 0.903 bits per heavy atom. The van der Waals surface area contributed by atoms with E-state index in [9.17, 15) is 23.4 Å². The Bertz CT molecular complexity index is 849. The van der Waals surface area contributed by atoms with Crippen LogP contribution in [-0.2, 0) is 19.0 Å². The molecule has 0 heterocycles. The molecule has 10 heteroatoms. The lowest BCUT2D eigenvalue weighted by atomic mass is 9.93. The molecular formula is C21H25Cl3F3NO2S. The zero-order chi connectivity index (χ0) is 22.4. The second-order valence-corrected chi connectivity index (χ2v) is 9.16. The first-order chi connectivity index (χ1) is 14.1. The van der Waals surface area contributed by atoms with Gasteiger partial charge in [0.05, 0.1) is 34.4 Å². The van der Waals surface area contributed by atoms with Crippen LogP contribution in [0.4, 0.5) is 13.2 Å². The first-order valence-corrected chi connectivity index (χ1v) is 11.1. The highest BCUT2D eigenvalue weighted by Gasteiger charge is 2.34. The maximum Gasteiger partial charge on any atom is 0.417 e. The number of aliphatic hydroxyl groups is 2. The summed E-state index contributed by atoms with van der Waals surface area (Å²) in [7, 11) is 0. The molecule has 0 spiro atoms. The second kappa shape index (κ2) is 12.5. The second-order valence-electron chi connectivity index (χ2n) is 7.21. The number of nitrogens with two attached hydrogens (primary N) is 1. The maximum atomic E-state index is 13.5. The summed E-state index contributed by atoms with van der Waals surface area (Å²) in [6.45, 7) is -0.884. The molecule has 0 radical (unpaired) electrons. The van der Waals surface area contributed by atoms with Crippen LogP contribution in [0.1, 0.15) is 29.5 Å². The van der Waals surface area contributed by atoms with E-state index in [-0.39, 0.29) is 30.1 Å². The van der Waals surface area contributed by atoms with Gasteiger partial charge in [0.15, 0.2) is 0 Å². The van der Waals surface area contributed by atoms with Crippen molar-refractivity contribution in [3.8, 4) is 0 Å². The highest BCUT2D eigenvalue weighted by molar-refractivity contribution is 7.99. The predicted molar refractivity (Wildman–Crippen MR) is 124 cm³/mol. The van der Waals surface area contributed by atoms with E-state index in [0.29, 0.717) is 34.2 Å². The molecule has 31 heavy (non-hydrogen) atoms. The van der Waals surface area contributed by atoms with Crippen LogP contribution in [0.5, 0.6) is 0 Å². The molecule has 0 aliphatic carbocycles. The number of alkyl halides is 3. The summed E-state index contributed by atoms with van der Waals surface area (Å²) in [6.07, 6.45) is -2.71. The van der Waals surface area contributed by atoms with E-state index >= 15 is 0 Å². The van der Waals surface area contributed by atoms with Gasteiger partial charge in [-0.05, 0) is 66.8 Å². The number of aryl methyl sites for hydroxylation is 2. The lowest BCUT2D eigenvalue weighted by Crippen LogP contribution is -2.47. The van der Waals surface area contributed by atoms with Crippen LogP contribution in [0, 0.1) is 0 Å². The minimum atomic E-state index is -4.48. The van der Waals surface area contributed by atoms with Gasteiger partial charge < -0.3 is 15.9 Å². The van der Waals surface area contributed by atoms with Crippen molar-refractivity contribution in [1.29, 1.82) is 0 Å². The van der Waals surface area contributed by atoms with Crippen LogP contribution in [0.2, 0.25) is 10.0 Å². The van der Waals surface area contributed by atoms with Gasteiger partial charge in [-0.15, -0.1) is 24.2 Å². The van der Waals surface area contributed by atoms with Gasteiger partial charge >= 0.3 is 6.18 Å². The molecule has 0 aromatic heterocycles. The van der Waals surface area contributed by atoms with Crippen LogP contribution in [-0.4, -0.2) is 34.7 Å². The third-order valence-corrected chi connectivity index (χ3v) is 6.64. The quantitative estimate of drug-likeness (QED) is 0.276. The molecule has 0 aliphatic rings. The van der Waals surface area contributed by atoms with Crippen LogP contribution in [0.3, 0.4) is 0 Å². The summed E-state index contributed by atoms with van der Waals surface area (Å²) in [4.78, 5) is 0.170. The molecule has 4 N–H and O–H groups in total. The van der Waals surface area contributed by atoms with Gasteiger partial charge in [-0.1, -0.05) is 35.3 Å². The van der Waals surface area contributed by atoms with Gasteiger partial charge in [-0.3, -0.25) is 0 Å². The zero-order valence-corrected chi connectivity index (χ0v) is 19.7. The SMILES string of the molecule is Cl.NC(CO)(CO)CCc1ccc(SCCCc2ccc(Cl)c(Cl)c2)c(C(F)(F)F)c1. The summed E-state index contributed by atoms with van der Waals surface area (Å²) in [5.74, 6) is 0.517. The van der Waals surface area contributed by atoms with E-state index in [1.54, 1.807) is 18.2 Å².